The first-order valence-electron chi connectivity index (χ1n) is 10.1. The summed E-state index contributed by atoms with van der Waals surface area (Å²) in [7, 11) is 0.0744. The first-order chi connectivity index (χ1) is 15.3. The van der Waals surface area contributed by atoms with Gasteiger partial charge in [0.1, 0.15) is 11.4 Å². The fourth-order valence-corrected chi connectivity index (χ4v) is 5.16. The molecule has 9 nitrogen and oxygen atoms in total. The number of sulfonamides is 1. The van der Waals surface area contributed by atoms with E-state index in [1.807, 2.05) is 0 Å². The highest BCUT2D eigenvalue weighted by molar-refractivity contribution is 7.89. The van der Waals surface area contributed by atoms with Gasteiger partial charge in [-0.3, -0.25) is 0 Å². The standard InChI is InChI=1S/C22H26N2O7S/c1-29-19-11-10-16(32(27,28)23-12-6-4-7-13-23)15-18(19)24-14-8-5-9-17(21(25)30-2)20(24)22(26)31-3/h5,8-11,14-15H,4,6-7,12-13H2,1-3H3. The Balaban J connectivity index is 2.19. The largest absolute Gasteiger partial charge is 0.495 e. The minimum absolute atomic E-state index is 0.0457. The molecule has 2 heterocycles. The summed E-state index contributed by atoms with van der Waals surface area (Å²) in [6.07, 6.45) is 8.72. The maximum absolute atomic E-state index is 13.2. The number of carbonyl (C=O) groups is 2. The SMILES string of the molecule is COC(=O)C1=C(C(=O)OC)N(c2cc(S(=O)(=O)N3CCCCC3)ccc2OC)C=CC=C1. The fourth-order valence-electron chi connectivity index (χ4n) is 3.62. The Morgan fingerprint density at radius 2 is 1.62 bits per heavy atom. The van der Waals surface area contributed by atoms with E-state index >= 15 is 0 Å². The van der Waals surface area contributed by atoms with Crippen molar-refractivity contribution in [1.29, 1.82) is 0 Å². The number of esters is 2. The average molecular weight is 463 g/mol. The molecule has 0 bridgehead atoms. The molecule has 0 aromatic heterocycles. The molecule has 0 atom stereocenters. The Hall–Kier alpha value is -3.11. The molecule has 3 rings (SSSR count). The van der Waals surface area contributed by atoms with Crippen molar-refractivity contribution < 1.29 is 32.2 Å². The second-order valence-electron chi connectivity index (χ2n) is 7.11. The third-order valence-corrected chi connectivity index (χ3v) is 7.15. The molecule has 1 fully saturated rings. The van der Waals surface area contributed by atoms with Gasteiger partial charge in [-0.2, -0.15) is 4.31 Å². The van der Waals surface area contributed by atoms with Crippen LogP contribution in [-0.4, -0.2) is 59.1 Å². The molecule has 0 saturated carbocycles. The fraction of sp³-hybridized carbons (Fsp3) is 0.364. The van der Waals surface area contributed by atoms with E-state index in [-0.39, 0.29) is 21.9 Å². The van der Waals surface area contributed by atoms with Crippen LogP contribution < -0.4 is 9.64 Å². The van der Waals surface area contributed by atoms with Gasteiger partial charge in [0.25, 0.3) is 0 Å². The van der Waals surface area contributed by atoms with Gasteiger partial charge < -0.3 is 19.1 Å². The minimum Gasteiger partial charge on any atom is -0.495 e. The lowest BCUT2D eigenvalue weighted by atomic mass is 10.1. The third kappa shape index (κ3) is 4.56. The van der Waals surface area contributed by atoms with Crippen molar-refractivity contribution in [1.82, 2.24) is 4.31 Å². The van der Waals surface area contributed by atoms with Crippen molar-refractivity contribution in [2.24, 2.45) is 0 Å². The Morgan fingerprint density at radius 3 is 2.25 bits per heavy atom. The van der Waals surface area contributed by atoms with Crippen molar-refractivity contribution in [3.05, 3.63) is 53.9 Å². The van der Waals surface area contributed by atoms with Gasteiger partial charge in [-0.15, -0.1) is 0 Å². The van der Waals surface area contributed by atoms with Crippen LogP contribution in [0.1, 0.15) is 19.3 Å². The zero-order chi connectivity index (χ0) is 23.3. The molecular formula is C22H26N2O7S. The van der Waals surface area contributed by atoms with E-state index in [1.165, 1.54) is 61.0 Å². The molecule has 10 heteroatoms. The van der Waals surface area contributed by atoms with Crippen LogP contribution in [0.3, 0.4) is 0 Å². The first-order valence-corrected chi connectivity index (χ1v) is 11.5. The van der Waals surface area contributed by atoms with E-state index in [1.54, 1.807) is 12.2 Å². The molecule has 0 unspecified atom stereocenters. The smallest absolute Gasteiger partial charge is 0.355 e. The molecule has 0 spiro atoms. The number of anilines is 1. The number of hydrogen-bond acceptors (Lipinski definition) is 8. The van der Waals surface area contributed by atoms with Gasteiger partial charge in [-0.1, -0.05) is 12.5 Å². The van der Waals surface area contributed by atoms with E-state index in [9.17, 15) is 18.0 Å². The average Bonchev–Trinajstić information content (AvgIpc) is 3.06. The zero-order valence-electron chi connectivity index (χ0n) is 18.2. The summed E-state index contributed by atoms with van der Waals surface area (Å²) in [5, 5.41) is 0. The van der Waals surface area contributed by atoms with Crippen molar-refractivity contribution in [3.8, 4) is 5.75 Å². The molecular weight excluding hydrogens is 436 g/mol. The number of carbonyl (C=O) groups excluding carboxylic acids is 2. The predicted molar refractivity (Wildman–Crippen MR) is 117 cm³/mol. The number of ether oxygens (including phenoxy) is 3. The van der Waals surface area contributed by atoms with E-state index < -0.39 is 22.0 Å². The van der Waals surface area contributed by atoms with Gasteiger partial charge >= 0.3 is 11.9 Å². The van der Waals surface area contributed by atoms with Crippen molar-refractivity contribution in [2.45, 2.75) is 24.2 Å². The van der Waals surface area contributed by atoms with Crippen LogP contribution in [-0.2, 0) is 29.1 Å². The molecule has 1 saturated heterocycles. The summed E-state index contributed by atoms with van der Waals surface area (Å²) in [6, 6.07) is 4.41. The van der Waals surface area contributed by atoms with E-state index in [0.29, 0.717) is 18.8 Å². The van der Waals surface area contributed by atoms with Gasteiger partial charge in [0.15, 0.2) is 0 Å². The maximum atomic E-state index is 13.2. The normalized spacial score (nSPS) is 17.2. The highest BCUT2D eigenvalue weighted by Crippen LogP contribution is 2.36. The summed E-state index contributed by atoms with van der Waals surface area (Å²) in [6.45, 7) is 0.911. The molecule has 0 aliphatic carbocycles. The third-order valence-electron chi connectivity index (χ3n) is 5.25. The lowest BCUT2D eigenvalue weighted by Crippen LogP contribution is -2.35. The summed E-state index contributed by atoms with van der Waals surface area (Å²) in [5.74, 6) is -1.24. The zero-order valence-corrected chi connectivity index (χ0v) is 19.1. The van der Waals surface area contributed by atoms with Crippen LogP contribution in [0, 0.1) is 0 Å². The highest BCUT2D eigenvalue weighted by Gasteiger charge is 2.31. The van der Waals surface area contributed by atoms with Gasteiger partial charge in [-0.25, -0.2) is 18.0 Å². The number of piperidine rings is 1. The second-order valence-corrected chi connectivity index (χ2v) is 9.05. The molecule has 172 valence electrons. The van der Waals surface area contributed by atoms with Gasteiger partial charge in [0.2, 0.25) is 10.0 Å². The number of nitrogens with zero attached hydrogens (tertiary/aromatic N) is 2. The number of benzene rings is 1. The number of allylic oxidation sites excluding steroid dienone is 2. The van der Waals surface area contributed by atoms with Crippen molar-refractivity contribution >= 4 is 27.6 Å². The van der Waals surface area contributed by atoms with E-state index in [2.05, 4.69) is 0 Å². The lowest BCUT2D eigenvalue weighted by Gasteiger charge is -2.28. The molecule has 2 aliphatic rings. The molecule has 1 aromatic carbocycles. The quantitative estimate of drug-likeness (QED) is 0.594. The van der Waals surface area contributed by atoms with Crippen LogP contribution in [0.25, 0.3) is 0 Å². The lowest BCUT2D eigenvalue weighted by molar-refractivity contribution is -0.139. The van der Waals surface area contributed by atoms with Crippen LogP contribution in [0.15, 0.2) is 58.8 Å². The predicted octanol–water partition coefficient (Wildman–Crippen LogP) is 2.36. The van der Waals surface area contributed by atoms with E-state index in [4.69, 9.17) is 14.2 Å². The van der Waals surface area contributed by atoms with Gasteiger partial charge in [0.05, 0.1) is 37.5 Å². The second kappa shape index (κ2) is 10.0. The molecule has 2 aliphatic heterocycles. The van der Waals surface area contributed by atoms with Crippen LogP contribution in [0.4, 0.5) is 5.69 Å². The molecule has 0 amide bonds. The Kier molecular flexibility index (Phi) is 7.37. The van der Waals surface area contributed by atoms with Crippen LogP contribution in [0.5, 0.6) is 5.75 Å². The molecule has 0 radical (unpaired) electrons. The van der Waals surface area contributed by atoms with Gasteiger partial charge in [0, 0.05) is 19.3 Å². The van der Waals surface area contributed by atoms with Gasteiger partial charge in [-0.05, 0) is 43.2 Å². The van der Waals surface area contributed by atoms with Crippen molar-refractivity contribution in [3.63, 3.8) is 0 Å². The van der Waals surface area contributed by atoms with E-state index in [0.717, 1.165) is 19.3 Å². The summed E-state index contributed by atoms with van der Waals surface area (Å²) >= 11 is 0. The maximum Gasteiger partial charge on any atom is 0.355 e. The summed E-state index contributed by atoms with van der Waals surface area (Å²) in [5.41, 5.74) is 0.0817. The summed E-state index contributed by atoms with van der Waals surface area (Å²) < 4.78 is 43.1. The number of rotatable bonds is 6. The number of methoxy groups -OCH3 is 3. The monoisotopic (exact) mass is 462 g/mol. The number of hydrogen-bond donors (Lipinski definition) is 0. The first kappa shape index (κ1) is 23.6. The highest BCUT2D eigenvalue weighted by atomic mass is 32.2. The molecule has 1 aromatic rings. The Labute approximate surface area is 187 Å². The van der Waals surface area contributed by atoms with Crippen molar-refractivity contribution in [2.75, 3.05) is 39.3 Å². The molecule has 0 N–H and O–H groups in total. The molecule has 32 heavy (non-hydrogen) atoms. The van der Waals surface area contributed by atoms with Crippen LogP contribution >= 0.6 is 0 Å². The summed E-state index contributed by atoms with van der Waals surface area (Å²) in [4.78, 5) is 26.5. The topological polar surface area (TPSA) is 102 Å². The Morgan fingerprint density at radius 1 is 0.938 bits per heavy atom. The Bertz CT molecular complexity index is 1080. The van der Waals surface area contributed by atoms with Crippen LogP contribution in [0.2, 0.25) is 0 Å². The minimum atomic E-state index is -3.75.